The number of likely N-dealkylation sites (tertiary alicyclic amines) is 1. The Balaban J connectivity index is 1.42. The molecule has 1 saturated heterocycles. The molecule has 1 heterocycles. The number of carbonyl (C=O) groups excluding carboxylic acids is 2. The molecule has 1 aliphatic carbocycles. The van der Waals surface area contributed by atoms with E-state index < -0.39 is 0 Å². The lowest BCUT2D eigenvalue weighted by Crippen LogP contribution is -2.48. The van der Waals surface area contributed by atoms with Gasteiger partial charge in [0.05, 0.1) is 0 Å². The van der Waals surface area contributed by atoms with E-state index in [2.05, 4.69) is 5.32 Å². The van der Waals surface area contributed by atoms with Crippen LogP contribution in [0.1, 0.15) is 38.5 Å². The lowest BCUT2D eigenvalue weighted by atomic mass is 10.0. The summed E-state index contributed by atoms with van der Waals surface area (Å²) in [6, 6.07) is 9.29. The third kappa shape index (κ3) is 4.24. The molecule has 2 amide bonds. The van der Waals surface area contributed by atoms with Crippen molar-refractivity contribution in [3.05, 3.63) is 30.3 Å². The van der Waals surface area contributed by atoms with Crippen molar-refractivity contribution in [2.24, 2.45) is 5.92 Å². The van der Waals surface area contributed by atoms with Crippen molar-refractivity contribution >= 4 is 12.0 Å². The van der Waals surface area contributed by atoms with Crippen LogP contribution in [-0.2, 0) is 4.79 Å². The monoisotopic (exact) mass is 316 g/mol. The maximum Gasteiger partial charge on any atom is 0.415 e. The van der Waals surface area contributed by atoms with Gasteiger partial charge in [-0.25, -0.2) is 4.79 Å². The highest BCUT2D eigenvalue weighted by atomic mass is 16.6. The van der Waals surface area contributed by atoms with Gasteiger partial charge in [0, 0.05) is 25.0 Å². The first-order valence-corrected chi connectivity index (χ1v) is 8.54. The van der Waals surface area contributed by atoms with E-state index in [0.717, 1.165) is 25.7 Å². The molecule has 124 valence electrons. The van der Waals surface area contributed by atoms with Crippen molar-refractivity contribution < 1.29 is 14.3 Å². The number of para-hydroxylation sites is 1. The van der Waals surface area contributed by atoms with Crippen LogP contribution in [0.2, 0.25) is 0 Å². The topological polar surface area (TPSA) is 58.6 Å². The smallest absolute Gasteiger partial charge is 0.410 e. The number of nitrogens with zero attached hydrogens (tertiary/aromatic N) is 1. The van der Waals surface area contributed by atoms with Crippen LogP contribution in [0.5, 0.6) is 5.75 Å². The predicted molar refractivity (Wildman–Crippen MR) is 87.2 cm³/mol. The number of benzene rings is 1. The fraction of sp³-hybridized carbons (Fsp3) is 0.556. The number of piperidine rings is 1. The molecule has 0 aromatic heterocycles. The van der Waals surface area contributed by atoms with Gasteiger partial charge >= 0.3 is 6.09 Å². The highest BCUT2D eigenvalue weighted by Gasteiger charge is 2.28. The molecule has 2 aliphatic rings. The van der Waals surface area contributed by atoms with Crippen LogP contribution >= 0.6 is 0 Å². The van der Waals surface area contributed by atoms with Gasteiger partial charge in [0.15, 0.2) is 0 Å². The maximum absolute atomic E-state index is 12.2. The van der Waals surface area contributed by atoms with Gasteiger partial charge in [-0.05, 0) is 37.8 Å². The van der Waals surface area contributed by atoms with Crippen molar-refractivity contribution in [3.8, 4) is 5.75 Å². The number of amides is 2. The second-order valence-corrected chi connectivity index (χ2v) is 6.43. The zero-order chi connectivity index (χ0) is 16.1. The summed E-state index contributed by atoms with van der Waals surface area (Å²) in [7, 11) is 0. The molecule has 0 radical (unpaired) electrons. The van der Waals surface area contributed by atoms with Crippen LogP contribution < -0.4 is 10.1 Å². The van der Waals surface area contributed by atoms with Crippen LogP contribution in [0.25, 0.3) is 0 Å². The molecule has 5 heteroatoms. The standard InChI is InChI=1S/C18H24N2O3/c21-17(14-6-4-5-7-14)19-15-10-12-20(13-11-15)18(22)23-16-8-2-1-3-9-16/h1-3,8-9,14-15H,4-7,10-13H2,(H,19,21). The fourth-order valence-electron chi connectivity index (χ4n) is 3.37. The molecule has 2 fully saturated rings. The van der Waals surface area contributed by atoms with E-state index in [4.69, 9.17) is 4.74 Å². The highest BCUT2D eigenvalue weighted by Crippen LogP contribution is 2.25. The lowest BCUT2D eigenvalue weighted by molar-refractivity contribution is -0.125. The van der Waals surface area contributed by atoms with Crippen molar-refractivity contribution in [1.82, 2.24) is 10.2 Å². The number of carbonyl (C=O) groups is 2. The van der Waals surface area contributed by atoms with Gasteiger partial charge in [0.25, 0.3) is 0 Å². The maximum atomic E-state index is 12.2. The Bertz CT molecular complexity index is 532. The third-order valence-corrected chi connectivity index (χ3v) is 4.77. The summed E-state index contributed by atoms with van der Waals surface area (Å²) in [4.78, 5) is 26.0. The summed E-state index contributed by atoms with van der Waals surface area (Å²) in [5.41, 5.74) is 0. The van der Waals surface area contributed by atoms with E-state index in [1.165, 1.54) is 12.8 Å². The Morgan fingerprint density at radius 1 is 1.00 bits per heavy atom. The van der Waals surface area contributed by atoms with Gasteiger partial charge in [0.1, 0.15) is 5.75 Å². The minimum absolute atomic E-state index is 0.184. The van der Waals surface area contributed by atoms with Crippen LogP contribution in [0.15, 0.2) is 30.3 Å². The molecule has 0 bridgehead atoms. The van der Waals surface area contributed by atoms with Crippen molar-refractivity contribution in [2.45, 2.75) is 44.6 Å². The summed E-state index contributed by atoms with van der Waals surface area (Å²) in [6.45, 7) is 1.25. The van der Waals surface area contributed by atoms with Gasteiger partial charge in [-0.15, -0.1) is 0 Å². The van der Waals surface area contributed by atoms with E-state index in [1.807, 2.05) is 18.2 Å². The molecular formula is C18H24N2O3. The first kappa shape index (κ1) is 15.8. The Morgan fingerprint density at radius 2 is 1.65 bits per heavy atom. The van der Waals surface area contributed by atoms with E-state index in [1.54, 1.807) is 17.0 Å². The first-order valence-electron chi connectivity index (χ1n) is 8.54. The minimum Gasteiger partial charge on any atom is -0.410 e. The Hall–Kier alpha value is -2.04. The van der Waals surface area contributed by atoms with Crippen molar-refractivity contribution in [1.29, 1.82) is 0 Å². The zero-order valence-electron chi connectivity index (χ0n) is 13.4. The summed E-state index contributed by atoms with van der Waals surface area (Å²) < 4.78 is 5.35. The molecule has 1 aromatic rings. The summed E-state index contributed by atoms with van der Waals surface area (Å²) in [6.07, 6.45) is 5.66. The SMILES string of the molecule is O=C(NC1CCN(C(=O)Oc2ccccc2)CC1)C1CCCC1. The molecule has 5 nitrogen and oxygen atoms in total. The van der Waals surface area contributed by atoms with Crippen LogP contribution in [0.3, 0.4) is 0 Å². The molecule has 1 saturated carbocycles. The molecule has 23 heavy (non-hydrogen) atoms. The third-order valence-electron chi connectivity index (χ3n) is 4.77. The average molecular weight is 316 g/mol. The van der Waals surface area contributed by atoms with Gasteiger partial charge in [-0.1, -0.05) is 31.0 Å². The normalized spacial score (nSPS) is 19.6. The molecule has 1 aliphatic heterocycles. The molecule has 1 aromatic carbocycles. The number of hydrogen-bond acceptors (Lipinski definition) is 3. The summed E-state index contributed by atoms with van der Waals surface area (Å²) in [5.74, 6) is 0.970. The Kier molecular flexibility index (Phi) is 5.16. The van der Waals surface area contributed by atoms with Crippen LogP contribution in [0.4, 0.5) is 4.79 Å². The number of ether oxygens (including phenoxy) is 1. The van der Waals surface area contributed by atoms with Gasteiger partial charge in [-0.3, -0.25) is 4.79 Å². The van der Waals surface area contributed by atoms with Crippen molar-refractivity contribution in [2.75, 3.05) is 13.1 Å². The molecule has 0 spiro atoms. The number of nitrogens with one attached hydrogen (secondary N) is 1. The van der Waals surface area contributed by atoms with E-state index in [-0.39, 0.29) is 24.0 Å². The zero-order valence-corrected chi connectivity index (χ0v) is 13.4. The number of hydrogen-bond donors (Lipinski definition) is 1. The predicted octanol–water partition coefficient (Wildman–Crippen LogP) is 2.96. The molecule has 3 rings (SSSR count). The quantitative estimate of drug-likeness (QED) is 0.932. The van der Waals surface area contributed by atoms with E-state index >= 15 is 0 Å². The lowest BCUT2D eigenvalue weighted by Gasteiger charge is -2.32. The summed E-state index contributed by atoms with van der Waals surface area (Å²) in [5, 5.41) is 3.15. The van der Waals surface area contributed by atoms with E-state index in [0.29, 0.717) is 18.8 Å². The molecule has 1 N–H and O–H groups in total. The van der Waals surface area contributed by atoms with Gasteiger partial charge in [-0.2, -0.15) is 0 Å². The van der Waals surface area contributed by atoms with Crippen LogP contribution in [-0.4, -0.2) is 36.0 Å². The molecule has 0 unspecified atom stereocenters. The second-order valence-electron chi connectivity index (χ2n) is 6.43. The number of rotatable bonds is 3. The van der Waals surface area contributed by atoms with Gasteiger partial charge in [0.2, 0.25) is 5.91 Å². The highest BCUT2D eigenvalue weighted by molar-refractivity contribution is 5.79. The van der Waals surface area contributed by atoms with Crippen LogP contribution in [0, 0.1) is 5.92 Å². The Labute approximate surface area is 137 Å². The van der Waals surface area contributed by atoms with E-state index in [9.17, 15) is 9.59 Å². The largest absolute Gasteiger partial charge is 0.415 e. The average Bonchev–Trinajstić information content (AvgIpc) is 3.11. The fourth-order valence-corrected chi connectivity index (χ4v) is 3.37. The first-order chi connectivity index (χ1) is 11.2. The molecule has 0 atom stereocenters. The Morgan fingerprint density at radius 3 is 2.30 bits per heavy atom. The van der Waals surface area contributed by atoms with Crippen molar-refractivity contribution in [3.63, 3.8) is 0 Å². The minimum atomic E-state index is -0.309. The van der Waals surface area contributed by atoms with Gasteiger partial charge < -0.3 is 15.0 Å². The second kappa shape index (κ2) is 7.49. The molecular weight excluding hydrogens is 292 g/mol. The summed E-state index contributed by atoms with van der Waals surface area (Å²) >= 11 is 0.